The Balaban J connectivity index is 0.00000169. The van der Waals surface area contributed by atoms with Crippen molar-refractivity contribution < 1.29 is 4.28 Å². The first-order valence-corrected chi connectivity index (χ1v) is 4.74. The van der Waals surface area contributed by atoms with Crippen molar-refractivity contribution in [3.05, 3.63) is 29.8 Å². The van der Waals surface area contributed by atoms with E-state index < -0.39 is 0 Å². The highest BCUT2D eigenvalue weighted by atomic mass is 32.2. The van der Waals surface area contributed by atoms with Crippen LogP contribution in [-0.4, -0.2) is 14.1 Å². The van der Waals surface area contributed by atoms with Crippen molar-refractivity contribution in [3.8, 4) is 0 Å². The van der Waals surface area contributed by atoms with Gasteiger partial charge in [0.1, 0.15) is 12.2 Å². The highest BCUT2D eigenvalue weighted by molar-refractivity contribution is 7.96. The zero-order valence-corrected chi connectivity index (χ0v) is 10.4. The fourth-order valence-electron chi connectivity index (χ4n) is 0.891. The third-order valence-corrected chi connectivity index (χ3v) is 2.31. The minimum absolute atomic E-state index is 0. The first kappa shape index (κ1) is 13.6. The molecule has 0 fully saturated rings. The molecule has 3 nitrogen and oxygen atoms in total. The predicted molar refractivity (Wildman–Crippen MR) is 67.7 cm³/mol. The Morgan fingerprint density at radius 1 is 1.29 bits per heavy atom. The van der Waals surface area contributed by atoms with E-state index >= 15 is 0 Å². The average molecular weight is 232 g/mol. The molecule has 5 heteroatoms. The lowest BCUT2D eigenvalue weighted by atomic mass is 10.2. The standard InChI is InChI=1S/C9H14N2OS.H2S/c1-8-4-6-9(7-5-8)11(3)13-12-10-2;/h4-7,10H,1-3H3;1H2. The fourth-order valence-corrected chi connectivity index (χ4v) is 1.29. The molecule has 0 aliphatic rings. The van der Waals surface area contributed by atoms with Crippen molar-refractivity contribution >= 4 is 31.4 Å². The Hall–Kier alpha value is -0.360. The number of hydrogen-bond donors (Lipinski definition) is 1. The second kappa shape index (κ2) is 7.00. The van der Waals surface area contributed by atoms with Gasteiger partial charge >= 0.3 is 0 Å². The summed E-state index contributed by atoms with van der Waals surface area (Å²) in [6, 6.07) is 8.26. The van der Waals surface area contributed by atoms with Crippen LogP contribution in [-0.2, 0) is 4.28 Å². The van der Waals surface area contributed by atoms with Crippen molar-refractivity contribution in [1.82, 2.24) is 5.48 Å². The molecule has 0 spiro atoms. The number of aryl methyl sites for hydroxylation is 1. The summed E-state index contributed by atoms with van der Waals surface area (Å²) in [5.41, 5.74) is 4.98. The second-order valence-electron chi connectivity index (χ2n) is 2.70. The van der Waals surface area contributed by atoms with Crippen LogP contribution >= 0.6 is 25.7 Å². The maximum atomic E-state index is 4.97. The van der Waals surface area contributed by atoms with Gasteiger partial charge in [0.15, 0.2) is 0 Å². The molecule has 0 radical (unpaired) electrons. The monoisotopic (exact) mass is 232 g/mol. The first-order chi connectivity index (χ1) is 6.24. The Morgan fingerprint density at radius 3 is 2.36 bits per heavy atom. The molecule has 0 saturated carbocycles. The topological polar surface area (TPSA) is 24.5 Å². The van der Waals surface area contributed by atoms with E-state index in [4.69, 9.17) is 4.28 Å². The molecule has 0 aliphatic carbocycles. The number of rotatable bonds is 4. The summed E-state index contributed by atoms with van der Waals surface area (Å²) in [6.07, 6.45) is 0. The maximum Gasteiger partial charge on any atom is 0.135 e. The summed E-state index contributed by atoms with van der Waals surface area (Å²) in [5.74, 6) is 0. The van der Waals surface area contributed by atoms with Gasteiger partial charge in [-0.05, 0) is 19.1 Å². The van der Waals surface area contributed by atoms with Gasteiger partial charge in [-0.3, -0.25) is 4.31 Å². The number of hydroxylamine groups is 1. The zero-order valence-electron chi connectivity index (χ0n) is 8.57. The van der Waals surface area contributed by atoms with Crippen LogP contribution in [0.3, 0.4) is 0 Å². The van der Waals surface area contributed by atoms with Crippen molar-refractivity contribution in [2.75, 3.05) is 18.4 Å². The van der Waals surface area contributed by atoms with E-state index in [1.807, 2.05) is 11.4 Å². The van der Waals surface area contributed by atoms with E-state index in [1.165, 1.54) is 17.8 Å². The van der Waals surface area contributed by atoms with Gasteiger partial charge in [0.05, 0.1) is 0 Å². The number of benzene rings is 1. The predicted octanol–water partition coefficient (Wildman–Crippen LogP) is 2.26. The van der Waals surface area contributed by atoms with Crippen LogP contribution in [0.25, 0.3) is 0 Å². The molecular weight excluding hydrogens is 216 g/mol. The molecule has 0 unspecified atom stereocenters. The highest BCUT2D eigenvalue weighted by Gasteiger charge is 2.00. The quantitative estimate of drug-likeness (QED) is 0.489. The normalized spacial score (nSPS) is 9.36. The van der Waals surface area contributed by atoms with E-state index in [1.54, 1.807) is 7.05 Å². The van der Waals surface area contributed by atoms with E-state index in [-0.39, 0.29) is 13.5 Å². The SMILES string of the molecule is CNOSN(C)c1ccc(C)cc1.S. The largest absolute Gasteiger partial charge is 0.295 e. The maximum absolute atomic E-state index is 4.97. The molecule has 14 heavy (non-hydrogen) atoms. The molecule has 0 saturated heterocycles. The van der Waals surface area contributed by atoms with Crippen LogP contribution in [0.2, 0.25) is 0 Å². The van der Waals surface area contributed by atoms with Crippen molar-refractivity contribution in [1.29, 1.82) is 0 Å². The summed E-state index contributed by atoms with van der Waals surface area (Å²) in [4.78, 5) is 0. The van der Waals surface area contributed by atoms with Gasteiger partial charge < -0.3 is 0 Å². The molecule has 0 atom stereocenters. The third-order valence-electron chi connectivity index (χ3n) is 1.63. The van der Waals surface area contributed by atoms with Crippen molar-refractivity contribution in [2.24, 2.45) is 0 Å². The minimum Gasteiger partial charge on any atom is -0.295 e. The molecule has 80 valence electrons. The number of anilines is 1. The Bertz CT molecular complexity index is 253. The summed E-state index contributed by atoms with van der Waals surface area (Å²) in [5, 5.41) is 0. The third kappa shape index (κ3) is 4.23. The minimum atomic E-state index is 0. The van der Waals surface area contributed by atoms with Crippen molar-refractivity contribution in [3.63, 3.8) is 0 Å². The van der Waals surface area contributed by atoms with Gasteiger partial charge in [0.2, 0.25) is 0 Å². The Morgan fingerprint density at radius 2 is 1.86 bits per heavy atom. The fraction of sp³-hybridized carbons (Fsp3) is 0.333. The summed E-state index contributed by atoms with van der Waals surface area (Å²) in [6.45, 7) is 2.07. The average Bonchev–Trinajstić information content (AvgIpc) is 2.15. The van der Waals surface area contributed by atoms with E-state index in [9.17, 15) is 0 Å². The lowest BCUT2D eigenvalue weighted by Gasteiger charge is -2.15. The molecule has 0 aliphatic heterocycles. The molecule has 1 N–H and O–H groups in total. The van der Waals surface area contributed by atoms with Gasteiger partial charge in [0, 0.05) is 19.8 Å². The Kier molecular flexibility index (Phi) is 6.82. The van der Waals surface area contributed by atoms with Gasteiger partial charge in [-0.15, -0.1) is 0 Å². The zero-order chi connectivity index (χ0) is 9.68. The smallest absolute Gasteiger partial charge is 0.135 e. The van der Waals surface area contributed by atoms with Gasteiger partial charge in [-0.25, -0.2) is 4.28 Å². The summed E-state index contributed by atoms with van der Waals surface area (Å²) < 4.78 is 6.91. The summed E-state index contributed by atoms with van der Waals surface area (Å²) in [7, 11) is 3.68. The van der Waals surface area contributed by atoms with Crippen LogP contribution in [0, 0.1) is 6.92 Å². The van der Waals surface area contributed by atoms with Gasteiger partial charge in [0.25, 0.3) is 0 Å². The van der Waals surface area contributed by atoms with Crippen LogP contribution in [0.5, 0.6) is 0 Å². The summed E-state index contributed by atoms with van der Waals surface area (Å²) >= 11 is 1.26. The molecule has 0 bridgehead atoms. The number of nitrogens with one attached hydrogen (secondary N) is 1. The van der Waals surface area contributed by atoms with Gasteiger partial charge in [-0.1, -0.05) is 17.7 Å². The van der Waals surface area contributed by atoms with Crippen LogP contribution < -0.4 is 9.79 Å². The van der Waals surface area contributed by atoms with E-state index in [0.29, 0.717) is 0 Å². The van der Waals surface area contributed by atoms with Gasteiger partial charge in [-0.2, -0.15) is 19.0 Å². The number of nitrogens with zero attached hydrogens (tertiary/aromatic N) is 1. The van der Waals surface area contributed by atoms with Crippen LogP contribution in [0.15, 0.2) is 24.3 Å². The molecule has 1 aromatic rings. The molecule has 0 heterocycles. The Labute approximate surface area is 96.6 Å². The lowest BCUT2D eigenvalue weighted by molar-refractivity contribution is 0.271. The van der Waals surface area contributed by atoms with Crippen LogP contribution in [0.1, 0.15) is 5.56 Å². The molecule has 1 rings (SSSR count). The van der Waals surface area contributed by atoms with Crippen molar-refractivity contribution in [2.45, 2.75) is 6.92 Å². The molecule has 1 aromatic carbocycles. The lowest BCUT2D eigenvalue weighted by Crippen LogP contribution is -2.11. The first-order valence-electron chi connectivity index (χ1n) is 4.05. The number of hydrogen-bond acceptors (Lipinski definition) is 4. The molecule has 0 amide bonds. The molecular formula is C9H16N2OS2. The second-order valence-corrected chi connectivity index (χ2v) is 3.56. The van der Waals surface area contributed by atoms with Crippen LogP contribution in [0.4, 0.5) is 5.69 Å². The van der Waals surface area contributed by atoms with E-state index in [2.05, 4.69) is 36.7 Å². The van der Waals surface area contributed by atoms with E-state index in [0.717, 1.165) is 5.69 Å². The highest BCUT2D eigenvalue weighted by Crippen LogP contribution is 2.20. The molecule has 0 aromatic heterocycles.